The van der Waals surface area contributed by atoms with Crippen LogP contribution in [0.1, 0.15) is 18.3 Å². The summed E-state index contributed by atoms with van der Waals surface area (Å²) in [4.78, 5) is 9.47. The van der Waals surface area contributed by atoms with Crippen molar-refractivity contribution in [3.05, 3.63) is 95.4 Å². The number of nitrogens with one attached hydrogen (secondary N) is 1. The van der Waals surface area contributed by atoms with Gasteiger partial charge in [-0.1, -0.05) is 71.9 Å². The van der Waals surface area contributed by atoms with Gasteiger partial charge in [0.05, 0.1) is 34.0 Å². The fourth-order valence-electron chi connectivity index (χ4n) is 3.12. The molecule has 0 unspecified atom stereocenters. The summed E-state index contributed by atoms with van der Waals surface area (Å²) < 4.78 is 6.06. The number of rotatable bonds is 8. The zero-order valence-electron chi connectivity index (χ0n) is 17.6. The van der Waals surface area contributed by atoms with Crippen LogP contribution in [0.25, 0.3) is 11.3 Å². The van der Waals surface area contributed by atoms with Gasteiger partial charge in [-0.15, -0.1) is 0 Å². The molecule has 0 aliphatic heterocycles. The van der Waals surface area contributed by atoms with E-state index in [2.05, 4.69) is 9.97 Å². The van der Waals surface area contributed by atoms with Gasteiger partial charge in [0.2, 0.25) is 0 Å². The molecule has 3 aromatic carbocycles. The summed E-state index contributed by atoms with van der Waals surface area (Å²) in [5.74, 6) is 1.33. The van der Waals surface area contributed by atoms with Crippen LogP contribution in [0.4, 0.5) is 0 Å². The first kappa shape index (κ1) is 22.4. The van der Waals surface area contributed by atoms with Crippen molar-refractivity contribution in [2.75, 3.05) is 6.61 Å². The molecule has 164 valence electrons. The largest absolute Gasteiger partial charge is 0.488 e. The molecule has 0 saturated carbocycles. The van der Waals surface area contributed by atoms with Crippen molar-refractivity contribution in [2.45, 2.75) is 28.9 Å². The van der Waals surface area contributed by atoms with Gasteiger partial charge in [-0.3, -0.25) is 0 Å². The molecule has 0 spiro atoms. The number of aliphatic hydroxyl groups is 1. The Labute approximate surface area is 196 Å². The molecule has 5 nitrogen and oxygen atoms in total. The van der Waals surface area contributed by atoms with E-state index in [1.54, 1.807) is 24.9 Å². The fourth-order valence-corrected chi connectivity index (χ4v) is 4.40. The van der Waals surface area contributed by atoms with E-state index in [1.807, 2.05) is 72.8 Å². The van der Waals surface area contributed by atoms with Gasteiger partial charge in [0.25, 0.3) is 0 Å². The number of H-pyrrole nitrogens is 1. The Balaban J connectivity index is 1.51. The second-order valence-corrected chi connectivity index (χ2v) is 9.21. The zero-order valence-corrected chi connectivity index (χ0v) is 19.2. The predicted octanol–water partition coefficient (Wildman–Crippen LogP) is 5.63. The SMILES string of the molecule is C[C@](N)(CO)c1ncc(-c2ccc(Sc3ccccc3OCc3ccccc3)cc2Cl)[nH]1. The molecule has 0 saturated heterocycles. The lowest BCUT2D eigenvalue weighted by Crippen LogP contribution is -2.38. The number of aromatic amines is 1. The molecule has 4 rings (SSSR count). The zero-order chi connectivity index (χ0) is 22.6. The van der Waals surface area contributed by atoms with Crippen molar-refractivity contribution >= 4 is 23.4 Å². The van der Waals surface area contributed by atoms with Crippen LogP contribution >= 0.6 is 23.4 Å². The van der Waals surface area contributed by atoms with Crippen molar-refractivity contribution < 1.29 is 9.84 Å². The van der Waals surface area contributed by atoms with Gasteiger partial charge in [-0.05, 0) is 36.8 Å². The van der Waals surface area contributed by atoms with E-state index < -0.39 is 5.54 Å². The molecular formula is C25H24ClN3O2S. The minimum absolute atomic E-state index is 0.213. The molecule has 0 fully saturated rings. The minimum atomic E-state index is -0.940. The van der Waals surface area contributed by atoms with Crippen molar-refractivity contribution in [3.63, 3.8) is 0 Å². The van der Waals surface area contributed by atoms with Gasteiger partial charge >= 0.3 is 0 Å². The smallest absolute Gasteiger partial charge is 0.133 e. The lowest BCUT2D eigenvalue weighted by molar-refractivity contribution is 0.204. The lowest BCUT2D eigenvalue weighted by Gasteiger charge is -2.18. The Morgan fingerprint density at radius 1 is 1.09 bits per heavy atom. The first-order valence-electron chi connectivity index (χ1n) is 10.1. The maximum Gasteiger partial charge on any atom is 0.133 e. The van der Waals surface area contributed by atoms with Crippen LogP contribution in [-0.2, 0) is 12.1 Å². The van der Waals surface area contributed by atoms with Gasteiger partial charge in [0.15, 0.2) is 0 Å². The molecule has 7 heteroatoms. The molecular weight excluding hydrogens is 442 g/mol. The normalized spacial score (nSPS) is 13.0. The Morgan fingerprint density at radius 3 is 2.59 bits per heavy atom. The van der Waals surface area contributed by atoms with Crippen molar-refractivity contribution in [1.29, 1.82) is 0 Å². The van der Waals surface area contributed by atoms with Crippen molar-refractivity contribution in [1.82, 2.24) is 9.97 Å². The number of aromatic nitrogens is 2. The highest BCUT2D eigenvalue weighted by atomic mass is 35.5. The summed E-state index contributed by atoms with van der Waals surface area (Å²) in [5, 5.41) is 10.1. The number of para-hydroxylation sites is 1. The topological polar surface area (TPSA) is 84.2 Å². The number of ether oxygens (including phenoxy) is 1. The molecule has 0 aliphatic carbocycles. The summed E-state index contributed by atoms with van der Waals surface area (Å²) in [6, 6.07) is 23.9. The Morgan fingerprint density at radius 2 is 1.84 bits per heavy atom. The number of halogens is 1. The average molecular weight is 466 g/mol. The highest BCUT2D eigenvalue weighted by Gasteiger charge is 2.24. The third-order valence-corrected chi connectivity index (χ3v) is 6.35. The third kappa shape index (κ3) is 5.16. The van der Waals surface area contributed by atoms with Crippen LogP contribution < -0.4 is 10.5 Å². The average Bonchev–Trinajstić information content (AvgIpc) is 3.30. The maximum absolute atomic E-state index is 9.46. The van der Waals surface area contributed by atoms with E-state index in [0.717, 1.165) is 32.4 Å². The van der Waals surface area contributed by atoms with Gasteiger partial charge in [-0.2, -0.15) is 0 Å². The van der Waals surface area contributed by atoms with Gasteiger partial charge in [-0.25, -0.2) is 4.98 Å². The third-order valence-electron chi connectivity index (χ3n) is 4.99. The molecule has 1 aromatic heterocycles. The Hall–Kier alpha value is -2.77. The van der Waals surface area contributed by atoms with Gasteiger partial charge in [0, 0.05) is 10.5 Å². The Bertz CT molecular complexity index is 1190. The van der Waals surface area contributed by atoms with E-state index in [0.29, 0.717) is 17.5 Å². The van der Waals surface area contributed by atoms with Crippen LogP contribution in [0, 0.1) is 0 Å². The molecule has 1 heterocycles. The number of imidazole rings is 1. The van der Waals surface area contributed by atoms with E-state index in [-0.39, 0.29) is 6.61 Å². The molecule has 32 heavy (non-hydrogen) atoms. The summed E-state index contributed by atoms with van der Waals surface area (Å²) in [6.45, 7) is 2.01. The number of aliphatic hydroxyl groups excluding tert-OH is 1. The first-order chi connectivity index (χ1) is 15.5. The van der Waals surface area contributed by atoms with Crippen LogP contribution in [0.15, 0.2) is 88.8 Å². The number of nitrogens with zero attached hydrogens (tertiary/aromatic N) is 1. The van der Waals surface area contributed by atoms with Crippen LogP contribution in [0.2, 0.25) is 5.02 Å². The lowest BCUT2D eigenvalue weighted by atomic mass is 10.1. The molecule has 1 atom stereocenters. The van der Waals surface area contributed by atoms with E-state index in [4.69, 9.17) is 22.1 Å². The van der Waals surface area contributed by atoms with Gasteiger partial charge < -0.3 is 20.6 Å². The summed E-state index contributed by atoms with van der Waals surface area (Å²) in [7, 11) is 0. The van der Waals surface area contributed by atoms with E-state index in [1.165, 1.54) is 0 Å². The van der Waals surface area contributed by atoms with E-state index >= 15 is 0 Å². The molecule has 0 aliphatic rings. The second-order valence-electron chi connectivity index (χ2n) is 7.69. The summed E-state index contributed by atoms with van der Waals surface area (Å²) in [6.07, 6.45) is 1.68. The monoisotopic (exact) mass is 465 g/mol. The molecule has 4 aromatic rings. The molecule has 0 radical (unpaired) electrons. The van der Waals surface area contributed by atoms with Crippen LogP contribution in [0.3, 0.4) is 0 Å². The molecule has 4 N–H and O–H groups in total. The van der Waals surface area contributed by atoms with Gasteiger partial charge in [0.1, 0.15) is 18.2 Å². The van der Waals surface area contributed by atoms with Crippen LogP contribution in [-0.4, -0.2) is 21.7 Å². The highest BCUT2D eigenvalue weighted by molar-refractivity contribution is 7.99. The first-order valence-corrected chi connectivity index (χ1v) is 11.3. The Kier molecular flexibility index (Phi) is 6.86. The van der Waals surface area contributed by atoms with Crippen molar-refractivity contribution in [3.8, 4) is 17.0 Å². The van der Waals surface area contributed by atoms with Crippen molar-refractivity contribution in [2.24, 2.45) is 5.73 Å². The highest BCUT2D eigenvalue weighted by Crippen LogP contribution is 2.38. The standard InChI is InChI=1S/C25H24ClN3O2S/c1-25(27,16-30)24-28-14-21(29-24)19-12-11-18(13-20(19)26)32-23-10-6-5-9-22(23)31-15-17-7-3-2-4-8-17/h2-14,30H,15-16,27H2,1H3,(H,28,29)/t25-/m0/s1. The predicted molar refractivity (Wildman–Crippen MR) is 129 cm³/mol. The summed E-state index contributed by atoms with van der Waals surface area (Å²) in [5.41, 5.74) is 7.80. The number of hydrogen-bond donors (Lipinski definition) is 3. The number of hydrogen-bond acceptors (Lipinski definition) is 5. The van der Waals surface area contributed by atoms with E-state index in [9.17, 15) is 5.11 Å². The minimum Gasteiger partial charge on any atom is -0.488 e. The molecule has 0 amide bonds. The quantitative estimate of drug-likeness (QED) is 0.314. The summed E-state index contributed by atoms with van der Waals surface area (Å²) >= 11 is 8.19. The maximum atomic E-state index is 9.46. The second kappa shape index (κ2) is 9.79. The number of benzene rings is 3. The van der Waals surface area contributed by atoms with Crippen LogP contribution in [0.5, 0.6) is 5.75 Å². The fraction of sp³-hybridized carbons (Fsp3) is 0.160. The number of nitrogens with two attached hydrogens (primary N) is 1. The molecule has 0 bridgehead atoms.